The fraction of sp³-hybridized carbons (Fsp3) is 0.150. The molecule has 2 aromatic carbocycles. The van der Waals surface area contributed by atoms with Crippen LogP contribution in [0.1, 0.15) is 22.5 Å². The molecule has 0 unspecified atom stereocenters. The first-order valence-electron chi connectivity index (χ1n) is 8.78. The molecular formula is C20H15BrClF3N4O2. The Morgan fingerprint density at radius 2 is 1.90 bits per heavy atom. The molecule has 3 rings (SSSR count). The van der Waals surface area contributed by atoms with E-state index >= 15 is 0 Å². The van der Waals surface area contributed by atoms with Gasteiger partial charge in [-0.3, -0.25) is 15.5 Å². The van der Waals surface area contributed by atoms with Crippen LogP contribution in [0.5, 0.6) is 0 Å². The van der Waals surface area contributed by atoms with E-state index in [1.807, 2.05) is 36.6 Å². The van der Waals surface area contributed by atoms with Crippen molar-refractivity contribution in [1.82, 2.24) is 4.57 Å². The highest BCUT2D eigenvalue weighted by atomic mass is 79.9. The number of nitrogens with zero attached hydrogens (tertiary/aromatic N) is 3. The first-order valence-corrected chi connectivity index (χ1v) is 9.95. The Morgan fingerprint density at radius 1 is 1.19 bits per heavy atom. The van der Waals surface area contributed by atoms with Crippen molar-refractivity contribution in [1.29, 1.82) is 0 Å². The van der Waals surface area contributed by atoms with Crippen molar-refractivity contribution >= 4 is 45.1 Å². The fourth-order valence-electron chi connectivity index (χ4n) is 3.06. The second kappa shape index (κ2) is 8.72. The number of hydrogen-bond donors (Lipinski definition) is 1. The summed E-state index contributed by atoms with van der Waals surface area (Å²) in [7, 11) is 0. The number of anilines is 1. The molecule has 0 saturated carbocycles. The number of nitrogens with one attached hydrogen (secondary N) is 1. The number of benzene rings is 2. The Hall–Kier alpha value is -2.85. The summed E-state index contributed by atoms with van der Waals surface area (Å²) in [5.74, 6) is 0. The second-order valence-corrected chi connectivity index (χ2v) is 7.88. The lowest BCUT2D eigenvalue weighted by Gasteiger charge is -2.10. The van der Waals surface area contributed by atoms with Gasteiger partial charge in [0.1, 0.15) is 5.69 Å². The monoisotopic (exact) mass is 514 g/mol. The zero-order valence-electron chi connectivity index (χ0n) is 16.2. The standard InChI is InChI=1S/C20H15BrClF3N4O2/c1-11-7-13(12(2)28(11)15-4-5-16(21)17(22)9-15)10-26-27-18-6-3-14(20(23,24)25)8-19(18)29(30)31/h3-10,27H,1-2H3/b26-10-. The molecule has 0 spiro atoms. The number of halogens is 5. The predicted octanol–water partition coefficient (Wildman–Crippen LogP) is 6.88. The van der Waals surface area contributed by atoms with Gasteiger partial charge in [-0.15, -0.1) is 0 Å². The van der Waals surface area contributed by atoms with E-state index < -0.39 is 22.4 Å². The number of rotatable bonds is 5. The van der Waals surface area contributed by atoms with Gasteiger partial charge in [-0.25, -0.2) is 0 Å². The van der Waals surface area contributed by atoms with Crippen molar-refractivity contribution in [3.8, 4) is 5.69 Å². The average Bonchev–Trinajstić information content (AvgIpc) is 2.96. The van der Waals surface area contributed by atoms with Gasteiger partial charge in [-0.1, -0.05) is 11.6 Å². The first kappa shape index (κ1) is 22.8. The van der Waals surface area contributed by atoms with Gasteiger partial charge in [-0.2, -0.15) is 18.3 Å². The zero-order valence-corrected chi connectivity index (χ0v) is 18.5. The van der Waals surface area contributed by atoms with Crippen molar-refractivity contribution in [2.75, 3.05) is 5.43 Å². The molecule has 31 heavy (non-hydrogen) atoms. The van der Waals surface area contributed by atoms with E-state index in [2.05, 4.69) is 26.5 Å². The molecule has 3 aromatic rings. The smallest absolute Gasteiger partial charge is 0.318 e. The summed E-state index contributed by atoms with van der Waals surface area (Å²) >= 11 is 9.54. The molecule has 0 amide bonds. The van der Waals surface area contributed by atoms with Crippen LogP contribution in [0.15, 0.2) is 52.0 Å². The lowest BCUT2D eigenvalue weighted by molar-refractivity contribution is -0.384. The summed E-state index contributed by atoms with van der Waals surface area (Å²) < 4.78 is 41.2. The third-order valence-corrected chi connectivity index (χ3v) is 5.77. The van der Waals surface area contributed by atoms with Crippen molar-refractivity contribution in [3.05, 3.63) is 84.6 Å². The Balaban J connectivity index is 1.88. The van der Waals surface area contributed by atoms with Gasteiger partial charge in [0.05, 0.1) is 21.7 Å². The largest absolute Gasteiger partial charge is 0.416 e. The van der Waals surface area contributed by atoms with Crippen molar-refractivity contribution < 1.29 is 18.1 Å². The maximum atomic E-state index is 12.8. The third-order valence-electron chi connectivity index (χ3n) is 4.54. The number of nitro benzene ring substituents is 1. The molecular weight excluding hydrogens is 501 g/mol. The van der Waals surface area contributed by atoms with Crippen molar-refractivity contribution in [2.24, 2.45) is 5.10 Å². The summed E-state index contributed by atoms with van der Waals surface area (Å²) in [5, 5.41) is 15.7. The predicted molar refractivity (Wildman–Crippen MR) is 117 cm³/mol. The van der Waals surface area contributed by atoms with Crippen LogP contribution >= 0.6 is 27.5 Å². The van der Waals surface area contributed by atoms with Crippen molar-refractivity contribution in [2.45, 2.75) is 20.0 Å². The van der Waals surface area contributed by atoms with Crippen LogP contribution in [-0.2, 0) is 6.18 Å². The lowest BCUT2D eigenvalue weighted by atomic mass is 10.1. The molecule has 0 aliphatic heterocycles. The molecule has 1 heterocycles. The summed E-state index contributed by atoms with van der Waals surface area (Å²) in [6, 6.07) is 9.59. The molecule has 0 fully saturated rings. The van der Waals surface area contributed by atoms with E-state index in [0.717, 1.165) is 39.2 Å². The number of aryl methyl sites for hydroxylation is 1. The van der Waals surface area contributed by atoms with Gasteiger partial charge in [0.25, 0.3) is 5.69 Å². The van der Waals surface area contributed by atoms with E-state index in [1.54, 1.807) is 6.07 Å². The van der Waals surface area contributed by atoms with E-state index in [9.17, 15) is 23.3 Å². The SMILES string of the molecule is Cc1cc(/C=N\Nc2ccc(C(F)(F)F)cc2[N+](=O)[O-])c(C)n1-c1ccc(Br)c(Cl)c1. The number of alkyl halides is 3. The van der Waals surface area contributed by atoms with Gasteiger partial charge in [0.2, 0.25) is 0 Å². The van der Waals surface area contributed by atoms with Gasteiger partial charge in [-0.05, 0) is 66.2 Å². The van der Waals surface area contributed by atoms with Gasteiger partial charge in [0.15, 0.2) is 0 Å². The van der Waals surface area contributed by atoms with Crippen LogP contribution in [0.3, 0.4) is 0 Å². The minimum absolute atomic E-state index is 0.150. The maximum Gasteiger partial charge on any atom is 0.416 e. The maximum absolute atomic E-state index is 12.8. The van der Waals surface area contributed by atoms with Crippen LogP contribution < -0.4 is 5.43 Å². The highest BCUT2D eigenvalue weighted by Gasteiger charge is 2.33. The van der Waals surface area contributed by atoms with Crippen LogP contribution in [0, 0.1) is 24.0 Å². The van der Waals surface area contributed by atoms with Gasteiger partial charge in [0, 0.05) is 33.2 Å². The number of nitro groups is 1. The molecule has 0 radical (unpaired) electrons. The molecule has 0 saturated heterocycles. The van der Waals surface area contributed by atoms with Crippen LogP contribution in [0.25, 0.3) is 5.69 Å². The molecule has 0 aliphatic rings. The van der Waals surface area contributed by atoms with E-state index in [-0.39, 0.29) is 5.69 Å². The van der Waals surface area contributed by atoms with Crippen molar-refractivity contribution in [3.63, 3.8) is 0 Å². The molecule has 1 N–H and O–H groups in total. The van der Waals surface area contributed by atoms with E-state index in [0.29, 0.717) is 11.1 Å². The molecule has 0 atom stereocenters. The molecule has 6 nitrogen and oxygen atoms in total. The van der Waals surface area contributed by atoms with Crippen LogP contribution in [0.2, 0.25) is 5.02 Å². The Labute approximate surface area is 188 Å². The van der Waals surface area contributed by atoms with E-state index in [4.69, 9.17) is 11.6 Å². The number of aromatic nitrogens is 1. The van der Waals surface area contributed by atoms with E-state index in [1.165, 1.54) is 6.21 Å². The number of hydrogen-bond acceptors (Lipinski definition) is 4. The Morgan fingerprint density at radius 3 is 2.52 bits per heavy atom. The summed E-state index contributed by atoms with van der Waals surface area (Å²) in [6.07, 6.45) is -3.24. The number of hydrazone groups is 1. The Bertz CT molecular complexity index is 1190. The highest BCUT2D eigenvalue weighted by molar-refractivity contribution is 9.10. The lowest BCUT2D eigenvalue weighted by Crippen LogP contribution is -2.06. The van der Waals surface area contributed by atoms with Crippen LogP contribution in [0.4, 0.5) is 24.5 Å². The first-order chi connectivity index (χ1) is 14.5. The summed E-state index contributed by atoms with van der Waals surface area (Å²) in [4.78, 5) is 10.3. The van der Waals surface area contributed by atoms with Crippen LogP contribution in [-0.4, -0.2) is 15.7 Å². The topological polar surface area (TPSA) is 72.5 Å². The third kappa shape index (κ3) is 4.91. The average molecular weight is 516 g/mol. The summed E-state index contributed by atoms with van der Waals surface area (Å²) in [5.41, 5.74) is 3.78. The zero-order chi connectivity index (χ0) is 22.9. The fourth-order valence-corrected chi connectivity index (χ4v) is 3.49. The quantitative estimate of drug-likeness (QED) is 0.229. The molecule has 162 valence electrons. The normalized spacial score (nSPS) is 11.8. The minimum Gasteiger partial charge on any atom is -0.318 e. The van der Waals surface area contributed by atoms with Gasteiger partial charge >= 0.3 is 6.18 Å². The second-order valence-electron chi connectivity index (χ2n) is 6.62. The Kier molecular flexibility index (Phi) is 6.42. The molecule has 1 aromatic heterocycles. The molecule has 0 bridgehead atoms. The molecule has 11 heteroatoms. The summed E-state index contributed by atoms with van der Waals surface area (Å²) in [6.45, 7) is 3.76. The highest BCUT2D eigenvalue weighted by Crippen LogP contribution is 2.35. The minimum atomic E-state index is -4.68. The van der Waals surface area contributed by atoms with Gasteiger partial charge < -0.3 is 4.57 Å². The molecule has 0 aliphatic carbocycles.